The maximum atomic E-state index is 6.26. The highest BCUT2D eigenvalue weighted by Crippen LogP contribution is 2.25. The monoisotopic (exact) mass is 223 g/mol. The maximum Gasteiger partial charge on any atom is 0.0648 e. The molecular weight excluding hydrogens is 214 g/mol. The topological polar surface area (TPSA) is 12.9 Å². The lowest BCUT2D eigenvalue weighted by molar-refractivity contribution is 0.927. The van der Waals surface area contributed by atoms with Gasteiger partial charge in [-0.15, -0.1) is 22.9 Å². The smallest absolute Gasteiger partial charge is 0.0648 e. The third-order valence-electron chi connectivity index (χ3n) is 2.01. The predicted molar refractivity (Wildman–Crippen MR) is 60.9 cm³/mol. The van der Waals surface area contributed by atoms with Gasteiger partial charge in [0.15, 0.2) is 0 Å². The zero-order valence-electron chi connectivity index (χ0n) is 7.56. The predicted octanol–water partition coefficient (Wildman–Crippen LogP) is 3.67. The molecule has 0 amide bonds. The summed E-state index contributed by atoms with van der Waals surface area (Å²) in [6, 6.07) is 8.08. The average molecular weight is 224 g/mol. The van der Waals surface area contributed by atoms with Crippen molar-refractivity contribution in [3.63, 3.8) is 0 Å². The first-order valence-corrected chi connectivity index (χ1v) is 5.74. The summed E-state index contributed by atoms with van der Waals surface area (Å²) in [5.74, 6) is 0. The SMILES string of the molecule is ClC(Cc1cccs1)c1cccnc1. The van der Waals surface area contributed by atoms with E-state index in [9.17, 15) is 0 Å². The van der Waals surface area contributed by atoms with Crippen LogP contribution in [0.1, 0.15) is 15.8 Å². The third kappa shape index (κ3) is 2.34. The fourth-order valence-corrected chi connectivity index (χ4v) is 2.42. The second kappa shape index (κ2) is 4.58. The van der Waals surface area contributed by atoms with Crippen LogP contribution in [0.2, 0.25) is 0 Å². The van der Waals surface area contributed by atoms with Crippen LogP contribution < -0.4 is 0 Å². The van der Waals surface area contributed by atoms with E-state index in [1.807, 2.05) is 24.4 Å². The molecule has 1 unspecified atom stereocenters. The Hall–Kier alpha value is -0.860. The standard InChI is InChI=1S/C11H10ClNS/c12-11(7-10-4-2-6-14-10)9-3-1-5-13-8-9/h1-6,8,11H,7H2. The Kier molecular flexibility index (Phi) is 3.17. The molecule has 2 aromatic rings. The van der Waals surface area contributed by atoms with Crippen molar-refractivity contribution in [3.05, 3.63) is 52.5 Å². The Bertz CT molecular complexity index is 371. The Morgan fingerprint density at radius 1 is 1.36 bits per heavy atom. The van der Waals surface area contributed by atoms with Gasteiger partial charge in [-0.2, -0.15) is 0 Å². The minimum Gasteiger partial charge on any atom is -0.264 e. The molecule has 0 N–H and O–H groups in total. The zero-order valence-corrected chi connectivity index (χ0v) is 9.13. The van der Waals surface area contributed by atoms with E-state index in [4.69, 9.17) is 11.6 Å². The van der Waals surface area contributed by atoms with Gasteiger partial charge < -0.3 is 0 Å². The van der Waals surface area contributed by atoms with Gasteiger partial charge in [0.05, 0.1) is 5.38 Å². The van der Waals surface area contributed by atoms with E-state index in [-0.39, 0.29) is 5.38 Å². The Balaban J connectivity index is 2.07. The maximum absolute atomic E-state index is 6.26. The summed E-state index contributed by atoms with van der Waals surface area (Å²) in [6.45, 7) is 0. The summed E-state index contributed by atoms with van der Waals surface area (Å²) >= 11 is 8.01. The molecule has 0 spiro atoms. The van der Waals surface area contributed by atoms with Crippen molar-refractivity contribution in [1.29, 1.82) is 0 Å². The highest BCUT2D eigenvalue weighted by molar-refractivity contribution is 7.09. The number of nitrogens with zero attached hydrogens (tertiary/aromatic N) is 1. The van der Waals surface area contributed by atoms with Gasteiger partial charge in [-0.05, 0) is 23.1 Å². The first-order valence-electron chi connectivity index (χ1n) is 4.42. The average Bonchev–Trinajstić information content (AvgIpc) is 2.72. The van der Waals surface area contributed by atoms with Crippen LogP contribution in [0.4, 0.5) is 0 Å². The molecule has 0 fully saturated rings. The minimum atomic E-state index is 0.0300. The van der Waals surface area contributed by atoms with Crippen LogP contribution in [0.25, 0.3) is 0 Å². The number of alkyl halides is 1. The second-order valence-corrected chi connectivity index (χ2v) is 4.60. The molecule has 0 bridgehead atoms. The van der Waals surface area contributed by atoms with Crippen LogP contribution in [0.15, 0.2) is 42.0 Å². The molecule has 0 radical (unpaired) electrons. The largest absolute Gasteiger partial charge is 0.264 e. The van der Waals surface area contributed by atoms with Crippen LogP contribution in [-0.2, 0) is 6.42 Å². The molecule has 0 aromatic carbocycles. The summed E-state index contributed by atoms with van der Waals surface area (Å²) < 4.78 is 0. The van der Waals surface area contributed by atoms with Crippen molar-refractivity contribution in [2.45, 2.75) is 11.8 Å². The van der Waals surface area contributed by atoms with Gasteiger partial charge in [0.25, 0.3) is 0 Å². The van der Waals surface area contributed by atoms with Crippen LogP contribution in [0.3, 0.4) is 0 Å². The lowest BCUT2D eigenvalue weighted by atomic mass is 10.1. The normalized spacial score (nSPS) is 12.6. The number of hydrogen-bond acceptors (Lipinski definition) is 2. The van der Waals surface area contributed by atoms with Crippen molar-refractivity contribution < 1.29 is 0 Å². The third-order valence-corrected chi connectivity index (χ3v) is 3.31. The number of rotatable bonds is 3. The Morgan fingerprint density at radius 2 is 2.29 bits per heavy atom. The molecule has 1 atom stereocenters. The van der Waals surface area contributed by atoms with E-state index in [0.29, 0.717) is 0 Å². The lowest BCUT2D eigenvalue weighted by Crippen LogP contribution is -1.94. The highest BCUT2D eigenvalue weighted by atomic mass is 35.5. The molecule has 2 rings (SSSR count). The van der Waals surface area contributed by atoms with Crippen LogP contribution in [-0.4, -0.2) is 4.98 Å². The number of aromatic nitrogens is 1. The summed E-state index contributed by atoms with van der Waals surface area (Å²) in [7, 11) is 0. The van der Waals surface area contributed by atoms with Crippen LogP contribution in [0, 0.1) is 0 Å². The Morgan fingerprint density at radius 3 is 2.93 bits per heavy atom. The van der Waals surface area contributed by atoms with E-state index in [0.717, 1.165) is 12.0 Å². The summed E-state index contributed by atoms with van der Waals surface area (Å²) in [6.07, 6.45) is 4.47. The molecule has 0 aliphatic carbocycles. The summed E-state index contributed by atoms with van der Waals surface area (Å²) in [5.41, 5.74) is 1.09. The van der Waals surface area contributed by atoms with E-state index in [1.165, 1.54) is 4.88 Å². The molecule has 1 nitrogen and oxygen atoms in total. The highest BCUT2D eigenvalue weighted by Gasteiger charge is 2.08. The van der Waals surface area contributed by atoms with Gasteiger partial charge in [-0.25, -0.2) is 0 Å². The number of thiophene rings is 1. The van der Waals surface area contributed by atoms with Gasteiger partial charge in [0, 0.05) is 23.7 Å². The molecule has 0 saturated heterocycles. The van der Waals surface area contributed by atoms with Gasteiger partial charge in [-0.1, -0.05) is 12.1 Å². The minimum absolute atomic E-state index is 0.0300. The van der Waals surface area contributed by atoms with Crippen molar-refractivity contribution in [2.24, 2.45) is 0 Å². The van der Waals surface area contributed by atoms with Gasteiger partial charge in [-0.3, -0.25) is 4.98 Å². The second-order valence-electron chi connectivity index (χ2n) is 3.04. The molecule has 0 aliphatic rings. The molecule has 14 heavy (non-hydrogen) atoms. The quantitative estimate of drug-likeness (QED) is 0.724. The summed E-state index contributed by atoms with van der Waals surface area (Å²) in [5, 5.41) is 2.10. The fourth-order valence-electron chi connectivity index (χ4n) is 1.28. The van der Waals surface area contributed by atoms with Crippen molar-refractivity contribution in [2.75, 3.05) is 0 Å². The Labute approximate surface area is 92.4 Å². The van der Waals surface area contributed by atoms with Gasteiger partial charge in [0.1, 0.15) is 0 Å². The first-order chi connectivity index (χ1) is 6.86. The van der Waals surface area contributed by atoms with Gasteiger partial charge in [0.2, 0.25) is 0 Å². The van der Waals surface area contributed by atoms with Gasteiger partial charge >= 0.3 is 0 Å². The molecule has 2 aromatic heterocycles. The number of halogens is 1. The first kappa shape index (κ1) is 9.69. The van der Waals surface area contributed by atoms with E-state index < -0.39 is 0 Å². The van der Waals surface area contributed by atoms with Crippen LogP contribution in [0.5, 0.6) is 0 Å². The molecule has 0 aliphatic heterocycles. The summed E-state index contributed by atoms with van der Waals surface area (Å²) in [4.78, 5) is 5.37. The van der Waals surface area contributed by atoms with Crippen LogP contribution >= 0.6 is 22.9 Å². The molecule has 72 valence electrons. The lowest BCUT2D eigenvalue weighted by Gasteiger charge is -2.06. The van der Waals surface area contributed by atoms with E-state index >= 15 is 0 Å². The molecule has 0 saturated carbocycles. The van der Waals surface area contributed by atoms with Crippen molar-refractivity contribution in [1.82, 2.24) is 4.98 Å². The van der Waals surface area contributed by atoms with E-state index in [2.05, 4.69) is 16.4 Å². The zero-order chi connectivity index (χ0) is 9.80. The number of pyridine rings is 1. The molecule has 2 heterocycles. The van der Waals surface area contributed by atoms with E-state index in [1.54, 1.807) is 17.5 Å². The molecule has 3 heteroatoms. The number of hydrogen-bond donors (Lipinski definition) is 0. The fraction of sp³-hybridized carbons (Fsp3) is 0.182. The van der Waals surface area contributed by atoms with Crippen molar-refractivity contribution >= 4 is 22.9 Å². The van der Waals surface area contributed by atoms with Crippen molar-refractivity contribution in [3.8, 4) is 0 Å². The molecular formula is C11H10ClNS.